The number of hydrogen-bond acceptors (Lipinski definition) is 6. The fourth-order valence-corrected chi connectivity index (χ4v) is 2.99. The van der Waals surface area contributed by atoms with Crippen molar-refractivity contribution in [1.29, 1.82) is 0 Å². The van der Waals surface area contributed by atoms with Crippen molar-refractivity contribution in [2.45, 2.75) is 13.5 Å². The lowest BCUT2D eigenvalue weighted by Gasteiger charge is -2.13. The van der Waals surface area contributed by atoms with Crippen molar-refractivity contribution in [2.24, 2.45) is 0 Å². The monoisotopic (exact) mass is 421 g/mol. The minimum atomic E-state index is 0.259. The van der Waals surface area contributed by atoms with Crippen LogP contribution in [0.25, 0.3) is 5.69 Å². The van der Waals surface area contributed by atoms with Gasteiger partial charge in [-0.1, -0.05) is 41.0 Å². The van der Waals surface area contributed by atoms with Crippen molar-refractivity contribution in [2.75, 3.05) is 11.9 Å². The summed E-state index contributed by atoms with van der Waals surface area (Å²) < 4.78 is 13.3. The van der Waals surface area contributed by atoms with Gasteiger partial charge >= 0.3 is 6.01 Å². The van der Waals surface area contributed by atoms with Gasteiger partial charge in [0.2, 0.25) is 0 Å². The predicted molar refractivity (Wildman–Crippen MR) is 116 cm³/mol. The van der Waals surface area contributed by atoms with E-state index in [1.54, 1.807) is 0 Å². The molecule has 0 spiro atoms. The molecule has 0 radical (unpaired) electrons. The number of benzene rings is 3. The van der Waals surface area contributed by atoms with Gasteiger partial charge in [-0.3, -0.25) is 0 Å². The van der Waals surface area contributed by atoms with Gasteiger partial charge in [-0.25, -0.2) is 0 Å². The zero-order valence-corrected chi connectivity index (χ0v) is 17.1. The highest BCUT2D eigenvalue weighted by Crippen LogP contribution is 2.32. The molecule has 0 atom stereocenters. The van der Waals surface area contributed by atoms with Gasteiger partial charge in [-0.2, -0.15) is 4.68 Å². The Hall–Kier alpha value is -3.58. The molecule has 7 nitrogen and oxygen atoms in total. The third-order valence-corrected chi connectivity index (χ3v) is 4.54. The van der Waals surface area contributed by atoms with Crippen molar-refractivity contribution in [3.8, 4) is 23.2 Å². The van der Waals surface area contributed by atoms with Crippen molar-refractivity contribution in [3.05, 3.63) is 83.4 Å². The molecule has 0 unspecified atom stereocenters. The highest BCUT2D eigenvalue weighted by atomic mass is 35.5. The molecule has 0 bridgehead atoms. The van der Waals surface area contributed by atoms with E-state index in [0.29, 0.717) is 29.7 Å². The van der Waals surface area contributed by atoms with Crippen molar-refractivity contribution >= 4 is 17.3 Å². The summed E-state index contributed by atoms with van der Waals surface area (Å²) in [6.45, 7) is 3.06. The maximum Gasteiger partial charge on any atom is 0.346 e. The van der Waals surface area contributed by atoms with Crippen molar-refractivity contribution in [3.63, 3.8) is 0 Å². The van der Waals surface area contributed by atoms with Crippen LogP contribution in [0.4, 0.5) is 5.69 Å². The lowest BCUT2D eigenvalue weighted by molar-refractivity contribution is 0.315. The molecule has 4 aromatic rings. The average molecular weight is 422 g/mol. The summed E-state index contributed by atoms with van der Waals surface area (Å²) in [5.74, 6) is 1.16. The van der Waals surface area contributed by atoms with Crippen LogP contribution in [0.2, 0.25) is 5.02 Å². The van der Waals surface area contributed by atoms with Gasteiger partial charge in [-0.05, 0) is 71.4 Å². The van der Waals surface area contributed by atoms with E-state index < -0.39 is 0 Å². The number of ether oxygens (including phenoxy) is 2. The number of para-hydroxylation sites is 1. The standard InChI is InChI=1S/C22H20ClN5O2/c1-2-29-21-14-16(15-24-18-11-9-17(23)10-12-18)8-13-20(21)30-22-25-26-27-28(22)19-6-4-3-5-7-19/h3-14,24H,2,15H2,1H3. The molecular weight excluding hydrogens is 402 g/mol. The maximum atomic E-state index is 5.99. The van der Waals surface area contributed by atoms with E-state index in [-0.39, 0.29) is 6.01 Å². The van der Waals surface area contributed by atoms with E-state index in [1.807, 2.05) is 79.7 Å². The molecule has 1 N–H and O–H groups in total. The number of halogens is 1. The van der Waals surface area contributed by atoms with Gasteiger partial charge in [0, 0.05) is 17.3 Å². The summed E-state index contributed by atoms with van der Waals surface area (Å²) in [7, 11) is 0. The molecule has 1 heterocycles. The Labute approximate surface area is 179 Å². The van der Waals surface area contributed by atoms with Crippen molar-refractivity contribution in [1.82, 2.24) is 20.2 Å². The first-order valence-electron chi connectivity index (χ1n) is 9.50. The van der Waals surface area contributed by atoms with Gasteiger partial charge in [0.05, 0.1) is 12.3 Å². The molecule has 0 saturated carbocycles. The van der Waals surface area contributed by atoms with Crippen LogP contribution in [0.3, 0.4) is 0 Å². The second-order valence-corrected chi connectivity index (χ2v) is 6.82. The van der Waals surface area contributed by atoms with Gasteiger partial charge in [0.15, 0.2) is 11.5 Å². The van der Waals surface area contributed by atoms with Crippen molar-refractivity contribution < 1.29 is 9.47 Å². The Bertz CT molecular complexity index is 1100. The minimum Gasteiger partial charge on any atom is -0.490 e. The number of rotatable bonds is 8. The number of nitrogens with one attached hydrogen (secondary N) is 1. The lowest BCUT2D eigenvalue weighted by atomic mass is 10.2. The van der Waals surface area contributed by atoms with Crippen LogP contribution in [0.15, 0.2) is 72.8 Å². The van der Waals surface area contributed by atoms with E-state index in [4.69, 9.17) is 21.1 Å². The van der Waals surface area contributed by atoms with E-state index >= 15 is 0 Å². The van der Waals surface area contributed by atoms with Gasteiger partial charge < -0.3 is 14.8 Å². The highest BCUT2D eigenvalue weighted by Gasteiger charge is 2.14. The van der Waals surface area contributed by atoms with Crippen LogP contribution >= 0.6 is 11.6 Å². The molecule has 0 saturated heterocycles. The number of nitrogens with zero attached hydrogens (tertiary/aromatic N) is 4. The molecule has 30 heavy (non-hydrogen) atoms. The van der Waals surface area contributed by atoms with Gasteiger partial charge in [-0.15, -0.1) is 0 Å². The number of anilines is 1. The number of tetrazole rings is 1. The quantitative estimate of drug-likeness (QED) is 0.425. The maximum absolute atomic E-state index is 5.99. The molecule has 8 heteroatoms. The second kappa shape index (κ2) is 9.28. The first-order valence-corrected chi connectivity index (χ1v) is 9.87. The van der Waals surface area contributed by atoms with Crippen LogP contribution in [0.5, 0.6) is 17.5 Å². The van der Waals surface area contributed by atoms with Crippen LogP contribution in [0.1, 0.15) is 12.5 Å². The Morgan fingerprint density at radius 3 is 2.53 bits per heavy atom. The third kappa shape index (κ3) is 4.69. The molecule has 1 aromatic heterocycles. The third-order valence-electron chi connectivity index (χ3n) is 4.29. The Morgan fingerprint density at radius 1 is 0.967 bits per heavy atom. The molecular formula is C22H20ClN5O2. The second-order valence-electron chi connectivity index (χ2n) is 6.39. The largest absolute Gasteiger partial charge is 0.490 e. The first-order chi connectivity index (χ1) is 14.7. The summed E-state index contributed by atoms with van der Waals surface area (Å²) in [4.78, 5) is 0. The topological polar surface area (TPSA) is 74.1 Å². The number of hydrogen-bond donors (Lipinski definition) is 1. The summed E-state index contributed by atoms with van der Waals surface area (Å²) in [5.41, 5.74) is 2.84. The summed E-state index contributed by atoms with van der Waals surface area (Å²) in [6.07, 6.45) is 0. The zero-order chi connectivity index (χ0) is 20.8. The Kier molecular flexibility index (Phi) is 6.10. The molecule has 0 aliphatic rings. The molecule has 0 aliphatic heterocycles. The predicted octanol–water partition coefficient (Wildman–Crippen LogP) is 5.12. The molecule has 3 aromatic carbocycles. The van der Waals surface area contributed by atoms with E-state index in [1.165, 1.54) is 4.68 Å². The fourth-order valence-electron chi connectivity index (χ4n) is 2.86. The van der Waals surface area contributed by atoms with Crippen LogP contribution < -0.4 is 14.8 Å². The van der Waals surface area contributed by atoms with E-state index in [0.717, 1.165) is 16.9 Å². The Morgan fingerprint density at radius 2 is 1.77 bits per heavy atom. The van der Waals surface area contributed by atoms with Crippen LogP contribution in [-0.4, -0.2) is 26.8 Å². The van der Waals surface area contributed by atoms with Gasteiger partial charge in [0.1, 0.15) is 0 Å². The minimum absolute atomic E-state index is 0.259. The smallest absolute Gasteiger partial charge is 0.346 e. The SMILES string of the molecule is CCOc1cc(CNc2ccc(Cl)cc2)ccc1Oc1nnnn1-c1ccccc1. The normalized spacial score (nSPS) is 10.6. The zero-order valence-electron chi connectivity index (χ0n) is 16.3. The summed E-state index contributed by atoms with van der Waals surface area (Å²) in [5, 5.41) is 15.8. The molecule has 152 valence electrons. The average Bonchev–Trinajstić information content (AvgIpc) is 3.24. The number of aromatic nitrogens is 4. The first kappa shape index (κ1) is 19.7. The van der Waals surface area contributed by atoms with Gasteiger partial charge in [0.25, 0.3) is 0 Å². The summed E-state index contributed by atoms with van der Waals surface area (Å²) in [6, 6.07) is 23.2. The molecule has 0 fully saturated rings. The van der Waals surface area contributed by atoms with E-state index in [9.17, 15) is 0 Å². The van der Waals surface area contributed by atoms with Crippen LogP contribution in [0, 0.1) is 0 Å². The lowest BCUT2D eigenvalue weighted by Crippen LogP contribution is -2.03. The fraction of sp³-hybridized carbons (Fsp3) is 0.136. The summed E-state index contributed by atoms with van der Waals surface area (Å²) >= 11 is 5.94. The molecule has 0 aliphatic carbocycles. The van der Waals surface area contributed by atoms with E-state index in [2.05, 4.69) is 20.8 Å². The van der Waals surface area contributed by atoms with Crippen LogP contribution in [-0.2, 0) is 6.54 Å². The Balaban J connectivity index is 1.53. The molecule has 4 rings (SSSR count). The highest BCUT2D eigenvalue weighted by molar-refractivity contribution is 6.30. The molecule has 0 amide bonds.